The summed E-state index contributed by atoms with van der Waals surface area (Å²) in [7, 11) is 0. The number of imidazole rings is 1. The first-order chi connectivity index (χ1) is 4.29. The van der Waals surface area contributed by atoms with E-state index in [2.05, 4.69) is 9.97 Å². The Morgan fingerprint density at radius 2 is 2.11 bits per heavy atom. The first-order valence-electron chi connectivity index (χ1n) is 3.03. The van der Waals surface area contributed by atoms with Crippen molar-refractivity contribution in [3.05, 3.63) is 22.4 Å². The average Bonchev–Trinajstić information content (AvgIpc) is 2.20. The molecule has 0 amide bonds. The number of nitrogens with one attached hydrogen (secondary N) is 2. The van der Waals surface area contributed by atoms with E-state index in [0.29, 0.717) is 0 Å². The Morgan fingerprint density at radius 3 is 2.22 bits per heavy atom. The zero-order chi connectivity index (χ0) is 7.28. The lowest BCUT2D eigenvalue weighted by atomic mass is 10.6. The van der Waals surface area contributed by atoms with Gasteiger partial charge in [-0.25, -0.2) is 4.79 Å². The summed E-state index contributed by atoms with van der Waals surface area (Å²) in [6.45, 7) is 5.82. The molecule has 2 N–H and O–H groups in total. The maximum Gasteiger partial charge on any atom is 0.323 e. The van der Waals surface area contributed by atoms with Gasteiger partial charge in [-0.1, -0.05) is 13.8 Å². The fourth-order valence-electron chi connectivity index (χ4n) is 0.425. The van der Waals surface area contributed by atoms with Gasteiger partial charge in [-0.05, 0) is 6.92 Å². The fraction of sp³-hybridized carbons (Fsp3) is 0.500. The summed E-state index contributed by atoms with van der Waals surface area (Å²) in [5.41, 5.74) is 0.725. The van der Waals surface area contributed by atoms with Crippen LogP contribution >= 0.6 is 0 Å². The van der Waals surface area contributed by atoms with Gasteiger partial charge in [0.1, 0.15) is 0 Å². The molecule has 0 radical (unpaired) electrons. The summed E-state index contributed by atoms with van der Waals surface area (Å²) >= 11 is 0. The van der Waals surface area contributed by atoms with Gasteiger partial charge in [0.2, 0.25) is 0 Å². The molecule has 0 aliphatic carbocycles. The third-order valence-corrected chi connectivity index (χ3v) is 0.730. The monoisotopic (exact) mass is 130 g/mol. The van der Waals surface area contributed by atoms with Crippen molar-refractivity contribution in [3.8, 4) is 0 Å². The van der Waals surface area contributed by atoms with Crippen molar-refractivity contribution in [1.82, 2.24) is 9.97 Å². The van der Waals surface area contributed by atoms with Gasteiger partial charge in [-0.3, -0.25) is 0 Å². The predicted octanol–water partition coefficient (Wildman–Crippen LogP) is 1.28. The van der Waals surface area contributed by atoms with Crippen molar-refractivity contribution >= 4 is 0 Å². The van der Waals surface area contributed by atoms with Crippen LogP contribution in [0.15, 0.2) is 11.0 Å². The fourth-order valence-corrected chi connectivity index (χ4v) is 0.425. The molecular weight excluding hydrogens is 116 g/mol. The molecule has 1 heterocycles. The van der Waals surface area contributed by atoms with Crippen LogP contribution in [0, 0.1) is 6.92 Å². The largest absolute Gasteiger partial charge is 0.323 e. The number of hydrogen-bond donors (Lipinski definition) is 2. The lowest BCUT2D eigenvalue weighted by molar-refractivity contribution is 1.16. The first-order valence-corrected chi connectivity index (χ1v) is 3.03. The Bertz CT molecular complexity index is 204. The highest BCUT2D eigenvalue weighted by Gasteiger charge is 1.81. The molecule has 0 aliphatic rings. The summed E-state index contributed by atoms with van der Waals surface area (Å²) in [4.78, 5) is 15.2. The zero-order valence-corrected chi connectivity index (χ0v) is 5.99. The molecule has 0 atom stereocenters. The molecule has 0 unspecified atom stereocenters. The molecule has 0 aliphatic heterocycles. The molecule has 1 aromatic heterocycles. The molecule has 0 aromatic carbocycles. The maximum absolute atomic E-state index is 10.2. The smallest absolute Gasteiger partial charge is 0.313 e. The van der Waals surface area contributed by atoms with Gasteiger partial charge >= 0.3 is 5.69 Å². The predicted molar refractivity (Wildman–Crippen MR) is 39.6 cm³/mol. The van der Waals surface area contributed by atoms with Crippen molar-refractivity contribution in [3.63, 3.8) is 0 Å². The van der Waals surface area contributed by atoms with E-state index in [0.717, 1.165) is 5.69 Å². The highest BCUT2D eigenvalue weighted by molar-refractivity contribution is 4.88. The summed E-state index contributed by atoms with van der Waals surface area (Å²) in [5, 5.41) is 0. The van der Waals surface area contributed by atoms with Crippen LogP contribution in [0.4, 0.5) is 0 Å². The Hall–Kier alpha value is -0.990. The van der Waals surface area contributed by atoms with Crippen LogP contribution in [0.2, 0.25) is 0 Å². The number of hydrogen-bond acceptors (Lipinski definition) is 1. The molecule has 1 rings (SSSR count). The van der Waals surface area contributed by atoms with Crippen molar-refractivity contribution in [2.24, 2.45) is 0 Å². The van der Waals surface area contributed by atoms with Crippen LogP contribution in [-0.4, -0.2) is 9.97 Å². The van der Waals surface area contributed by atoms with E-state index < -0.39 is 0 Å². The van der Waals surface area contributed by atoms with Gasteiger partial charge in [0.15, 0.2) is 0 Å². The number of aromatic amines is 2. The second-order valence-electron chi connectivity index (χ2n) is 1.43. The minimum atomic E-state index is -0.141. The number of aromatic nitrogens is 2. The van der Waals surface area contributed by atoms with E-state index in [1.54, 1.807) is 6.20 Å². The van der Waals surface area contributed by atoms with Crippen LogP contribution in [0.25, 0.3) is 0 Å². The van der Waals surface area contributed by atoms with Gasteiger partial charge in [0.05, 0.1) is 0 Å². The lowest BCUT2D eigenvalue weighted by Crippen LogP contribution is -1.99. The molecule has 3 nitrogen and oxygen atoms in total. The highest BCUT2D eigenvalue weighted by atomic mass is 16.1. The average molecular weight is 130 g/mol. The summed E-state index contributed by atoms with van der Waals surface area (Å²) < 4.78 is 0. The van der Waals surface area contributed by atoms with E-state index in [1.165, 1.54) is 0 Å². The van der Waals surface area contributed by atoms with E-state index in [9.17, 15) is 4.79 Å². The minimum Gasteiger partial charge on any atom is -0.313 e. The van der Waals surface area contributed by atoms with E-state index in [-0.39, 0.29) is 7.12 Å². The van der Waals surface area contributed by atoms with Crippen molar-refractivity contribution < 1.29 is 1.43 Å². The molecule has 9 heavy (non-hydrogen) atoms. The van der Waals surface area contributed by atoms with Crippen LogP contribution in [-0.2, 0) is 0 Å². The molecule has 0 saturated heterocycles. The second-order valence-corrected chi connectivity index (χ2v) is 1.43. The number of rotatable bonds is 0. The van der Waals surface area contributed by atoms with Gasteiger partial charge in [0.25, 0.3) is 0 Å². The van der Waals surface area contributed by atoms with Crippen molar-refractivity contribution in [2.75, 3.05) is 0 Å². The molecule has 3 heteroatoms. The van der Waals surface area contributed by atoms with E-state index in [4.69, 9.17) is 0 Å². The van der Waals surface area contributed by atoms with E-state index in [1.807, 2.05) is 20.8 Å². The maximum atomic E-state index is 10.2. The molecule has 0 saturated carbocycles. The first kappa shape index (κ1) is 8.01. The zero-order valence-electron chi connectivity index (χ0n) is 5.99. The third kappa shape index (κ3) is 2.74. The van der Waals surface area contributed by atoms with Crippen LogP contribution in [0.3, 0.4) is 0 Å². The third-order valence-electron chi connectivity index (χ3n) is 0.730. The van der Waals surface area contributed by atoms with Gasteiger partial charge < -0.3 is 9.97 Å². The molecule has 54 valence electrons. The minimum absolute atomic E-state index is 0. The van der Waals surface area contributed by atoms with E-state index >= 15 is 0 Å². The second kappa shape index (κ2) is 3.95. The van der Waals surface area contributed by atoms with Crippen LogP contribution < -0.4 is 5.69 Å². The van der Waals surface area contributed by atoms with Crippen molar-refractivity contribution in [2.45, 2.75) is 20.8 Å². The normalized spacial score (nSPS) is 7.89. The lowest BCUT2D eigenvalue weighted by Gasteiger charge is -1.67. The Balaban J connectivity index is 0. The number of aryl methyl sites for hydroxylation is 1. The molecule has 0 spiro atoms. The standard InChI is InChI=1S/C4H6N2O.C2H6.H2/c1-3-2-5-4(7)6-3;1-2;/h2H,1H3,(H2,5,6,7);1-2H3;1H. The quantitative estimate of drug-likeness (QED) is 0.546. The topological polar surface area (TPSA) is 48.6 Å². The van der Waals surface area contributed by atoms with Gasteiger partial charge in [-0.15, -0.1) is 0 Å². The summed E-state index contributed by atoms with van der Waals surface area (Å²) in [5.74, 6) is 0. The molecule has 0 fully saturated rings. The molecular formula is C6H14N2O. The van der Waals surface area contributed by atoms with Crippen LogP contribution in [0.5, 0.6) is 0 Å². The number of H-pyrrole nitrogens is 2. The highest BCUT2D eigenvalue weighted by Crippen LogP contribution is 1.76. The SMILES string of the molecule is CC.Cc1c[nH]c(=O)[nH]1.[HH]. The molecule has 0 bridgehead atoms. The summed E-state index contributed by atoms with van der Waals surface area (Å²) in [6, 6.07) is 0. The van der Waals surface area contributed by atoms with Gasteiger partial charge in [0, 0.05) is 13.3 Å². The Morgan fingerprint density at radius 1 is 1.56 bits per heavy atom. The van der Waals surface area contributed by atoms with Gasteiger partial charge in [-0.2, -0.15) is 0 Å². The van der Waals surface area contributed by atoms with Crippen LogP contribution in [0.1, 0.15) is 21.0 Å². The van der Waals surface area contributed by atoms with Crippen molar-refractivity contribution in [1.29, 1.82) is 0 Å². The Kier molecular flexibility index (Phi) is 3.51. The molecule has 1 aromatic rings. The Labute approximate surface area is 55.6 Å². The summed E-state index contributed by atoms with van der Waals surface area (Å²) in [6.07, 6.45) is 1.63.